The van der Waals surface area contributed by atoms with Gasteiger partial charge >= 0.3 is 0 Å². The van der Waals surface area contributed by atoms with Crippen LogP contribution < -0.4 is 11.1 Å². The largest absolute Gasteiger partial charge is 0.396 e. The van der Waals surface area contributed by atoms with E-state index in [4.69, 9.17) is 10.5 Å². The molecule has 2 rings (SSSR count). The summed E-state index contributed by atoms with van der Waals surface area (Å²) in [5.74, 6) is 0.0440. The summed E-state index contributed by atoms with van der Waals surface area (Å²) in [5, 5.41) is 2.82. The molecule has 0 atom stereocenters. The summed E-state index contributed by atoms with van der Waals surface area (Å²) in [4.78, 5) is 15.7. The number of hydrogen-bond acceptors (Lipinski definition) is 4. The molecule has 0 saturated carbocycles. The van der Waals surface area contributed by atoms with Crippen molar-refractivity contribution in [3.63, 3.8) is 0 Å². The number of nitrogens with one attached hydrogen (secondary N) is 1. The van der Waals surface area contributed by atoms with Crippen LogP contribution in [0.1, 0.15) is 12.8 Å². The Labute approximate surface area is 94.0 Å². The van der Waals surface area contributed by atoms with Gasteiger partial charge in [-0.3, -0.25) is 9.78 Å². The van der Waals surface area contributed by atoms with Crippen molar-refractivity contribution in [1.82, 2.24) is 4.98 Å². The van der Waals surface area contributed by atoms with E-state index in [1.165, 1.54) is 6.20 Å². The highest BCUT2D eigenvalue weighted by Gasteiger charge is 2.21. The number of nitrogen functional groups attached to an aromatic ring is 1. The monoisotopic (exact) mass is 221 g/mol. The fraction of sp³-hybridized carbons (Fsp3) is 0.455. The van der Waals surface area contributed by atoms with Crippen molar-refractivity contribution in [2.24, 2.45) is 5.92 Å². The maximum Gasteiger partial charge on any atom is 0.227 e. The molecule has 0 spiro atoms. The van der Waals surface area contributed by atoms with Gasteiger partial charge in [-0.2, -0.15) is 0 Å². The highest BCUT2D eigenvalue weighted by Crippen LogP contribution is 2.20. The molecule has 0 radical (unpaired) electrons. The first-order chi connectivity index (χ1) is 7.77. The zero-order valence-corrected chi connectivity index (χ0v) is 8.98. The van der Waals surface area contributed by atoms with E-state index in [9.17, 15) is 4.79 Å². The Kier molecular flexibility index (Phi) is 3.36. The lowest BCUT2D eigenvalue weighted by Gasteiger charge is -2.21. The molecule has 0 unspecified atom stereocenters. The number of anilines is 2. The zero-order chi connectivity index (χ0) is 11.4. The molecular formula is C11H15N3O2. The average Bonchev–Trinajstić information content (AvgIpc) is 2.33. The van der Waals surface area contributed by atoms with E-state index in [1.54, 1.807) is 12.3 Å². The fourth-order valence-corrected chi connectivity index (χ4v) is 1.72. The molecule has 0 aliphatic carbocycles. The number of carbonyl (C=O) groups is 1. The van der Waals surface area contributed by atoms with Crippen molar-refractivity contribution < 1.29 is 9.53 Å². The van der Waals surface area contributed by atoms with Crippen molar-refractivity contribution >= 4 is 17.3 Å². The van der Waals surface area contributed by atoms with E-state index in [0.717, 1.165) is 12.8 Å². The summed E-state index contributed by atoms with van der Waals surface area (Å²) in [7, 11) is 0. The molecular weight excluding hydrogens is 206 g/mol. The van der Waals surface area contributed by atoms with Crippen molar-refractivity contribution in [3.05, 3.63) is 18.5 Å². The smallest absolute Gasteiger partial charge is 0.227 e. The Hall–Kier alpha value is -1.62. The number of carbonyl (C=O) groups excluding carboxylic acids is 1. The number of amides is 1. The molecule has 1 saturated heterocycles. The average molecular weight is 221 g/mol. The first-order valence-corrected chi connectivity index (χ1v) is 5.35. The molecule has 5 nitrogen and oxygen atoms in total. The van der Waals surface area contributed by atoms with Gasteiger partial charge in [-0.15, -0.1) is 0 Å². The second-order valence-corrected chi connectivity index (χ2v) is 3.84. The number of ether oxygens (including phenoxy) is 1. The van der Waals surface area contributed by atoms with Crippen LogP contribution in [0, 0.1) is 5.92 Å². The molecule has 3 N–H and O–H groups in total. The number of pyridine rings is 1. The lowest BCUT2D eigenvalue weighted by atomic mass is 9.99. The summed E-state index contributed by atoms with van der Waals surface area (Å²) in [6.07, 6.45) is 4.68. The zero-order valence-electron chi connectivity index (χ0n) is 8.98. The van der Waals surface area contributed by atoms with Crippen LogP contribution in [0.2, 0.25) is 0 Å². The van der Waals surface area contributed by atoms with Crippen LogP contribution in [-0.2, 0) is 9.53 Å². The summed E-state index contributed by atoms with van der Waals surface area (Å²) < 4.78 is 5.21. The van der Waals surface area contributed by atoms with Crippen LogP contribution in [0.15, 0.2) is 18.5 Å². The second kappa shape index (κ2) is 4.94. The van der Waals surface area contributed by atoms with E-state index < -0.39 is 0 Å². The summed E-state index contributed by atoms with van der Waals surface area (Å²) in [6.45, 7) is 1.31. The predicted molar refractivity (Wildman–Crippen MR) is 60.8 cm³/mol. The van der Waals surface area contributed by atoms with E-state index in [1.807, 2.05) is 0 Å². The van der Waals surface area contributed by atoms with Crippen LogP contribution in [0.5, 0.6) is 0 Å². The Morgan fingerprint density at radius 1 is 1.50 bits per heavy atom. The van der Waals surface area contributed by atoms with E-state index in [2.05, 4.69) is 10.3 Å². The summed E-state index contributed by atoms with van der Waals surface area (Å²) in [6, 6.07) is 1.70. The van der Waals surface area contributed by atoms with Gasteiger partial charge in [0.2, 0.25) is 5.91 Å². The third kappa shape index (κ3) is 2.49. The van der Waals surface area contributed by atoms with Gasteiger partial charge in [0.05, 0.1) is 17.6 Å². The van der Waals surface area contributed by atoms with Gasteiger partial charge < -0.3 is 15.8 Å². The molecule has 1 amide bonds. The SMILES string of the molecule is Nc1cnccc1NC(=O)C1CCOCC1. The predicted octanol–water partition coefficient (Wildman–Crippen LogP) is 1.03. The standard InChI is InChI=1S/C11H15N3O2/c12-9-7-13-4-1-10(9)14-11(15)8-2-5-16-6-3-8/h1,4,7-8H,2-3,5-6,12H2,(H,13,14,15). The van der Waals surface area contributed by atoms with Crippen LogP contribution in [0.3, 0.4) is 0 Å². The van der Waals surface area contributed by atoms with Gasteiger partial charge in [0, 0.05) is 25.3 Å². The first kappa shape index (κ1) is 10.9. The Morgan fingerprint density at radius 3 is 2.94 bits per heavy atom. The molecule has 0 aromatic carbocycles. The molecule has 1 fully saturated rings. The molecule has 1 aromatic heterocycles. The Morgan fingerprint density at radius 2 is 2.25 bits per heavy atom. The second-order valence-electron chi connectivity index (χ2n) is 3.84. The molecule has 16 heavy (non-hydrogen) atoms. The highest BCUT2D eigenvalue weighted by molar-refractivity contribution is 5.95. The number of rotatable bonds is 2. The van der Waals surface area contributed by atoms with E-state index in [0.29, 0.717) is 24.6 Å². The number of nitrogens with zero attached hydrogens (tertiary/aromatic N) is 1. The van der Waals surface area contributed by atoms with E-state index in [-0.39, 0.29) is 11.8 Å². The minimum absolute atomic E-state index is 0.0150. The molecule has 0 bridgehead atoms. The third-order valence-corrected chi connectivity index (χ3v) is 2.70. The fourth-order valence-electron chi connectivity index (χ4n) is 1.72. The molecule has 2 heterocycles. The molecule has 1 aliphatic rings. The topological polar surface area (TPSA) is 77.2 Å². The van der Waals surface area contributed by atoms with Gasteiger partial charge in [-0.25, -0.2) is 0 Å². The van der Waals surface area contributed by atoms with Gasteiger partial charge in [-0.1, -0.05) is 0 Å². The summed E-state index contributed by atoms with van der Waals surface area (Å²) in [5.41, 5.74) is 6.82. The Balaban J connectivity index is 1.99. The van der Waals surface area contributed by atoms with Crippen molar-refractivity contribution in [2.75, 3.05) is 24.3 Å². The van der Waals surface area contributed by atoms with Crippen molar-refractivity contribution in [1.29, 1.82) is 0 Å². The highest BCUT2D eigenvalue weighted by atomic mass is 16.5. The van der Waals surface area contributed by atoms with Crippen molar-refractivity contribution in [3.8, 4) is 0 Å². The number of aromatic nitrogens is 1. The van der Waals surface area contributed by atoms with Crippen LogP contribution >= 0.6 is 0 Å². The minimum Gasteiger partial charge on any atom is -0.396 e. The van der Waals surface area contributed by atoms with Gasteiger partial charge in [0.25, 0.3) is 0 Å². The molecule has 86 valence electrons. The quantitative estimate of drug-likeness (QED) is 0.782. The maximum atomic E-state index is 11.9. The molecule has 1 aromatic rings. The lowest BCUT2D eigenvalue weighted by Crippen LogP contribution is -2.28. The molecule has 5 heteroatoms. The van der Waals surface area contributed by atoms with E-state index >= 15 is 0 Å². The maximum absolute atomic E-state index is 11.9. The van der Waals surface area contributed by atoms with Crippen LogP contribution in [-0.4, -0.2) is 24.1 Å². The first-order valence-electron chi connectivity index (χ1n) is 5.35. The van der Waals surface area contributed by atoms with Crippen LogP contribution in [0.4, 0.5) is 11.4 Å². The van der Waals surface area contributed by atoms with Crippen LogP contribution in [0.25, 0.3) is 0 Å². The summed E-state index contributed by atoms with van der Waals surface area (Å²) >= 11 is 0. The number of nitrogens with two attached hydrogens (primary N) is 1. The molecule has 1 aliphatic heterocycles. The minimum atomic E-state index is 0.0150. The third-order valence-electron chi connectivity index (χ3n) is 2.70. The normalized spacial score (nSPS) is 17.0. The van der Waals surface area contributed by atoms with Crippen molar-refractivity contribution in [2.45, 2.75) is 12.8 Å². The van der Waals surface area contributed by atoms with Gasteiger partial charge in [-0.05, 0) is 18.9 Å². The Bertz CT molecular complexity index is 375. The lowest BCUT2D eigenvalue weighted by molar-refractivity contribution is -0.122. The number of hydrogen-bond donors (Lipinski definition) is 2. The van der Waals surface area contributed by atoms with Gasteiger partial charge in [0.1, 0.15) is 0 Å². The van der Waals surface area contributed by atoms with Gasteiger partial charge in [0.15, 0.2) is 0 Å².